The Hall–Kier alpha value is -0.320. The number of hydrogen-bond acceptors (Lipinski definition) is 3. The molecule has 1 aromatic rings. The van der Waals surface area contributed by atoms with Gasteiger partial charge in [-0.05, 0) is 60.8 Å². The van der Waals surface area contributed by atoms with Gasteiger partial charge in [0.05, 0.1) is 5.88 Å². The van der Waals surface area contributed by atoms with Crippen LogP contribution in [0.3, 0.4) is 0 Å². The van der Waals surface area contributed by atoms with E-state index in [1.807, 2.05) is 6.20 Å². The Labute approximate surface area is 140 Å². The van der Waals surface area contributed by atoms with Crippen LogP contribution in [0.15, 0.2) is 16.7 Å². The number of aromatic nitrogens is 1. The van der Waals surface area contributed by atoms with Crippen LogP contribution in [0.25, 0.3) is 0 Å². The van der Waals surface area contributed by atoms with E-state index in [2.05, 4.69) is 36.8 Å². The van der Waals surface area contributed by atoms with Crippen LogP contribution < -0.4 is 4.90 Å². The highest BCUT2D eigenvalue weighted by molar-refractivity contribution is 9.10. The van der Waals surface area contributed by atoms with Gasteiger partial charge in [0, 0.05) is 35.4 Å². The predicted octanol–water partition coefficient (Wildman–Crippen LogP) is 4.04. The van der Waals surface area contributed by atoms with Gasteiger partial charge in [-0.3, -0.25) is 0 Å². The van der Waals surface area contributed by atoms with Crippen molar-refractivity contribution in [2.45, 2.75) is 44.0 Å². The molecule has 2 aliphatic heterocycles. The first-order valence-electron chi connectivity index (χ1n) is 7.97. The lowest BCUT2D eigenvalue weighted by atomic mass is 9.99. The van der Waals surface area contributed by atoms with Gasteiger partial charge in [-0.2, -0.15) is 0 Å². The molecule has 3 rings (SSSR count). The molecule has 0 aromatic carbocycles. The Bertz CT molecular complexity index is 469. The first-order valence-corrected chi connectivity index (χ1v) is 9.30. The third-order valence-corrected chi connectivity index (χ3v) is 5.45. The topological polar surface area (TPSA) is 19.4 Å². The lowest BCUT2D eigenvalue weighted by molar-refractivity contribution is 0.141. The van der Waals surface area contributed by atoms with Crippen molar-refractivity contribution < 1.29 is 0 Å². The van der Waals surface area contributed by atoms with Crippen LogP contribution in [-0.4, -0.2) is 42.1 Å². The monoisotopic (exact) mass is 371 g/mol. The zero-order chi connectivity index (χ0) is 14.7. The summed E-state index contributed by atoms with van der Waals surface area (Å²) in [6.07, 6.45) is 8.55. The van der Waals surface area contributed by atoms with Crippen molar-refractivity contribution in [3.05, 3.63) is 22.3 Å². The highest BCUT2D eigenvalue weighted by Crippen LogP contribution is 2.28. The maximum absolute atomic E-state index is 6.08. The van der Waals surface area contributed by atoms with Crippen LogP contribution >= 0.6 is 27.5 Å². The highest BCUT2D eigenvalue weighted by Gasteiger charge is 2.26. The SMILES string of the molecule is ClCc1cc(Br)cnc1N1CCC(N2CCCCC2)CC1. The summed E-state index contributed by atoms with van der Waals surface area (Å²) < 4.78 is 1.00. The molecule has 0 spiro atoms. The second-order valence-electron chi connectivity index (χ2n) is 6.08. The summed E-state index contributed by atoms with van der Waals surface area (Å²) in [5.41, 5.74) is 1.13. The molecule has 3 heterocycles. The lowest BCUT2D eigenvalue weighted by Gasteiger charge is -2.41. The van der Waals surface area contributed by atoms with Crippen LogP contribution in [0, 0.1) is 0 Å². The highest BCUT2D eigenvalue weighted by atomic mass is 79.9. The van der Waals surface area contributed by atoms with Gasteiger partial charge in [0.1, 0.15) is 5.82 Å². The van der Waals surface area contributed by atoms with E-state index < -0.39 is 0 Å². The first kappa shape index (κ1) is 15.6. The third-order valence-electron chi connectivity index (χ3n) is 4.72. The summed E-state index contributed by atoms with van der Waals surface area (Å²) in [6.45, 7) is 4.79. The Balaban J connectivity index is 1.62. The minimum absolute atomic E-state index is 0.522. The molecule has 0 N–H and O–H groups in total. The molecule has 5 heteroatoms. The average Bonchev–Trinajstić information content (AvgIpc) is 2.56. The zero-order valence-corrected chi connectivity index (χ0v) is 14.7. The summed E-state index contributed by atoms with van der Waals surface area (Å²) in [6, 6.07) is 2.86. The van der Waals surface area contributed by atoms with Crippen LogP contribution in [0.1, 0.15) is 37.7 Å². The molecule has 0 unspecified atom stereocenters. The molecule has 0 aliphatic carbocycles. The molecule has 2 fully saturated rings. The van der Waals surface area contributed by atoms with Gasteiger partial charge in [-0.25, -0.2) is 4.98 Å². The number of halogens is 2. The molecule has 0 radical (unpaired) electrons. The van der Waals surface area contributed by atoms with Gasteiger partial charge < -0.3 is 9.80 Å². The van der Waals surface area contributed by atoms with E-state index in [9.17, 15) is 0 Å². The fraction of sp³-hybridized carbons (Fsp3) is 0.688. The second-order valence-corrected chi connectivity index (χ2v) is 7.27. The van der Waals surface area contributed by atoms with Crippen molar-refractivity contribution in [2.24, 2.45) is 0 Å². The summed E-state index contributed by atoms with van der Waals surface area (Å²) in [4.78, 5) is 9.71. The maximum Gasteiger partial charge on any atom is 0.133 e. The van der Waals surface area contributed by atoms with E-state index in [1.165, 1.54) is 45.2 Å². The molecule has 0 saturated carbocycles. The smallest absolute Gasteiger partial charge is 0.133 e. The van der Waals surface area contributed by atoms with E-state index in [1.54, 1.807) is 0 Å². The van der Waals surface area contributed by atoms with Crippen LogP contribution in [-0.2, 0) is 5.88 Å². The van der Waals surface area contributed by atoms with Gasteiger partial charge in [-0.15, -0.1) is 11.6 Å². The molecule has 3 nitrogen and oxygen atoms in total. The zero-order valence-electron chi connectivity index (χ0n) is 12.4. The van der Waals surface area contributed by atoms with Crippen LogP contribution in [0.5, 0.6) is 0 Å². The van der Waals surface area contributed by atoms with Crippen molar-refractivity contribution >= 4 is 33.3 Å². The molecule has 116 valence electrons. The summed E-state index contributed by atoms with van der Waals surface area (Å²) in [5.74, 6) is 1.60. The Morgan fingerprint density at radius 1 is 1.14 bits per heavy atom. The third kappa shape index (κ3) is 3.72. The molecule has 21 heavy (non-hydrogen) atoms. The number of alkyl halides is 1. The van der Waals surface area contributed by atoms with Crippen molar-refractivity contribution in [1.82, 2.24) is 9.88 Å². The lowest BCUT2D eigenvalue weighted by Crippen LogP contribution is -2.47. The van der Waals surface area contributed by atoms with Crippen molar-refractivity contribution in [3.63, 3.8) is 0 Å². The Kier molecular flexibility index (Phi) is 5.41. The number of rotatable bonds is 3. The standard InChI is InChI=1S/C16H23BrClN3/c17-14-10-13(11-18)16(19-12-14)21-8-4-15(5-9-21)20-6-2-1-3-7-20/h10,12,15H,1-9,11H2. The summed E-state index contributed by atoms with van der Waals surface area (Å²) in [5, 5.41) is 0. The van der Waals surface area contributed by atoms with Gasteiger partial charge in [-0.1, -0.05) is 6.42 Å². The van der Waals surface area contributed by atoms with E-state index >= 15 is 0 Å². The number of piperidine rings is 2. The van der Waals surface area contributed by atoms with E-state index in [4.69, 9.17) is 11.6 Å². The molecule has 0 atom stereocenters. The largest absolute Gasteiger partial charge is 0.356 e. The summed E-state index contributed by atoms with van der Waals surface area (Å²) >= 11 is 9.55. The number of hydrogen-bond donors (Lipinski definition) is 0. The van der Waals surface area contributed by atoms with Crippen LogP contribution in [0.4, 0.5) is 5.82 Å². The number of pyridine rings is 1. The minimum Gasteiger partial charge on any atom is -0.356 e. The quantitative estimate of drug-likeness (QED) is 0.747. The Morgan fingerprint density at radius 2 is 1.86 bits per heavy atom. The minimum atomic E-state index is 0.522. The molecule has 2 aliphatic rings. The fourth-order valence-corrected chi connectivity index (χ4v) is 4.16. The van der Waals surface area contributed by atoms with Crippen molar-refractivity contribution in [2.75, 3.05) is 31.1 Å². The first-order chi connectivity index (χ1) is 10.3. The number of anilines is 1. The molecule has 0 bridgehead atoms. The molecule has 2 saturated heterocycles. The fourth-order valence-electron chi connectivity index (χ4n) is 3.58. The molecule has 1 aromatic heterocycles. The molecular weight excluding hydrogens is 350 g/mol. The van der Waals surface area contributed by atoms with Gasteiger partial charge >= 0.3 is 0 Å². The van der Waals surface area contributed by atoms with Gasteiger partial charge in [0.25, 0.3) is 0 Å². The maximum atomic E-state index is 6.08. The predicted molar refractivity (Wildman–Crippen MR) is 92.2 cm³/mol. The van der Waals surface area contributed by atoms with Gasteiger partial charge in [0.15, 0.2) is 0 Å². The van der Waals surface area contributed by atoms with E-state index in [0.717, 1.165) is 35.0 Å². The van der Waals surface area contributed by atoms with Crippen LogP contribution in [0.2, 0.25) is 0 Å². The van der Waals surface area contributed by atoms with Crippen molar-refractivity contribution in [1.29, 1.82) is 0 Å². The number of nitrogens with zero attached hydrogens (tertiary/aromatic N) is 3. The second kappa shape index (κ2) is 7.30. The average molecular weight is 373 g/mol. The van der Waals surface area contributed by atoms with E-state index in [-0.39, 0.29) is 0 Å². The number of likely N-dealkylation sites (tertiary alicyclic amines) is 1. The van der Waals surface area contributed by atoms with Gasteiger partial charge in [0.2, 0.25) is 0 Å². The molecular formula is C16H23BrClN3. The Morgan fingerprint density at radius 3 is 2.52 bits per heavy atom. The molecule has 0 amide bonds. The normalized spacial score (nSPS) is 21.7. The van der Waals surface area contributed by atoms with Crippen molar-refractivity contribution in [3.8, 4) is 0 Å². The van der Waals surface area contributed by atoms with E-state index in [0.29, 0.717) is 5.88 Å². The summed E-state index contributed by atoms with van der Waals surface area (Å²) in [7, 11) is 0.